The number of methoxy groups -OCH3 is 1. The van der Waals surface area contributed by atoms with Crippen molar-refractivity contribution in [3.63, 3.8) is 0 Å². The van der Waals surface area contributed by atoms with E-state index in [1.807, 2.05) is 18.2 Å². The Morgan fingerprint density at radius 2 is 2.20 bits per heavy atom. The lowest BCUT2D eigenvalue weighted by Gasteiger charge is -2.26. The topological polar surface area (TPSA) is 71.8 Å². The second-order valence-electron chi connectivity index (χ2n) is 7.10. The normalized spacial score (nSPS) is 15.3. The molecule has 1 heterocycles. The van der Waals surface area contributed by atoms with Crippen LogP contribution in [0.3, 0.4) is 0 Å². The molecule has 0 aliphatic carbocycles. The highest BCUT2D eigenvalue weighted by molar-refractivity contribution is 5.94. The van der Waals surface area contributed by atoms with Gasteiger partial charge in [0.1, 0.15) is 6.61 Å². The summed E-state index contributed by atoms with van der Waals surface area (Å²) in [7, 11) is 1.59. The Hall–Kier alpha value is -3.30. The summed E-state index contributed by atoms with van der Waals surface area (Å²) < 4.78 is 16.8. The fourth-order valence-electron chi connectivity index (χ4n) is 3.46. The Bertz CT molecular complexity index is 929. The van der Waals surface area contributed by atoms with Crippen molar-refractivity contribution in [3.05, 3.63) is 71.8 Å². The van der Waals surface area contributed by atoms with Crippen LogP contribution in [0.5, 0.6) is 11.5 Å². The van der Waals surface area contributed by atoms with Crippen LogP contribution in [-0.2, 0) is 11.3 Å². The van der Waals surface area contributed by atoms with Crippen molar-refractivity contribution in [2.24, 2.45) is 0 Å². The molecule has 6 nitrogen and oxygen atoms in total. The van der Waals surface area contributed by atoms with Crippen LogP contribution >= 0.6 is 0 Å². The summed E-state index contributed by atoms with van der Waals surface area (Å²) in [6.07, 6.45) is 3.62. The number of benzene rings is 2. The maximum atomic E-state index is 13.3. The smallest absolute Gasteiger partial charge is 0.254 e. The number of nitriles is 1. The van der Waals surface area contributed by atoms with E-state index in [4.69, 9.17) is 19.5 Å². The van der Waals surface area contributed by atoms with Gasteiger partial charge in [-0.25, -0.2) is 0 Å². The molecule has 2 aromatic rings. The van der Waals surface area contributed by atoms with E-state index >= 15 is 0 Å². The van der Waals surface area contributed by atoms with Gasteiger partial charge in [0, 0.05) is 25.3 Å². The van der Waals surface area contributed by atoms with Crippen molar-refractivity contribution in [2.75, 3.05) is 26.9 Å². The van der Waals surface area contributed by atoms with Gasteiger partial charge in [0.25, 0.3) is 5.91 Å². The zero-order valence-electron chi connectivity index (χ0n) is 17.2. The van der Waals surface area contributed by atoms with Gasteiger partial charge in [-0.05, 0) is 48.7 Å². The van der Waals surface area contributed by atoms with E-state index in [-0.39, 0.29) is 12.0 Å². The van der Waals surface area contributed by atoms with Crippen LogP contribution in [0.4, 0.5) is 0 Å². The first-order valence-corrected chi connectivity index (χ1v) is 9.96. The Labute approximate surface area is 177 Å². The van der Waals surface area contributed by atoms with Crippen LogP contribution in [0.2, 0.25) is 0 Å². The van der Waals surface area contributed by atoms with Gasteiger partial charge in [0.15, 0.2) is 11.5 Å². The number of amides is 1. The minimum Gasteiger partial charge on any atom is -0.493 e. The van der Waals surface area contributed by atoms with E-state index in [1.165, 1.54) is 0 Å². The molecule has 0 spiro atoms. The van der Waals surface area contributed by atoms with E-state index in [0.29, 0.717) is 42.3 Å². The lowest BCUT2D eigenvalue weighted by atomic mass is 10.1. The maximum absolute atomic E-state index is 13.3. The fourth-order valence-corrected chi connectivity index (χ4v) is 3.46. The van der Waals surface area contributed by atoms with Crippen molar-refractivity contribution < 1.29 is 19.0 Å². The summed E-state index contributed by atoms with van der Waals surface area (Å²) in [5, 5.41) is 9.17. The molecular formula is C24H26N2O4. The lowest BCUT2D eigenvalue weighted by Crippen LogP contribution is -2.37. The van der Waals surface area contributed by atoms with Crippen molar-refractivity contribution >= 4 is 5.91 Å². The van der Waals surface area contributed by atoms with Crippen LogP contribution in [0.1, 0.15) is 34.3 Å². The summed E-state index contributed by atoms with van der Waals surface area (Å²) in [6.45, 7) is 5.65. The third-order valence-electron chi connectivity index (χ3n) is 4.93. The molecule has 30 heavy (non-hydrogen) atoms. The molecule has 1 aliphatic heterocycles. The third kappa shape index (κ3) is 5.40. The SMILES string of the molecule is C=CCOc1ccc(CN(C[C@H]2CCCO2)C(=O)c2cccc(C#N)c2)cc1OC. The number of ether oxygens (including phenoxy) is 3. The predicted octanol–water partition coefficient (Wildman–Crippen LogP) is 3.95. The second kappa shape index (κ2) is 10.5. The van der Waals surface area contributed by atoms with Gasteiger partial charge in [0.05, 0.1) is 24.8 Å². The monoisotopic (exact) mass is 406 g/mol. The van der Waals surface area contributed by atoms with Crippen molar-refractivity contribution in [2.45, 2.75) is 25.5 Å². The molecule has 3 rings (SSSR count). The highest BCUT2D eigenvalue weighted by atomic mass is 16.5. The van der Waals surface area contributed by atoms with Gasteiger partial charge in [-0.1, -0.05) is 24.8 Å². The highest BCUT2D eigenvalue weighted by Crippen LogP contribution is 2.29. The fraction of sp³-hybridized carbons (Fsp3) is 0.333. The summed E-state index contributed by atoms with van der Waals surface area (Å²) in [4.78, 5) is 15.0. The van der Waals surface area contributed by atoms with Crippen LogP contribution in [-0.4, -0.2) is 43.8 Å². The maximum Gasteiger partial charge on any atom is 0.254 e. The minimum atomic E-state index is -0.131. The van der Waals surface area contributed by atoms with Gasteiger partial charge in [-0.2, -0.15) is 5.26 Å². The largest absolute Gasteiger partial charge is 0.493 e. The molecular weight excluding hydrogens is 380 g/mol. The lowest BCUT2D eigenvalue weighted by molar-refractivity contribution is 0.0507. The first kappa shape index (κ1) is 21.4. The molecule has 0 radical (unpaired) electrons. The van der Waals surface area contributed by atoms with Crippen molar-refractivity contribution in [1.29, 1.82) is 5.26 Å². The Kier molecular flexibility index (Phi) is 7.47. The van der Waals surface area contributed by atoms with Crippen LogP contribution in [0.25, 0.3) is 0 Å². The van der Waals surface area contributed by atoms with Crippen LogP contribution in [0.15, 0.2) is 55.1 Å². The summed E-state index contributed by atoms with van der Waals surface area (Å²) in [5.74, 6) is 1.10. The average molecular weight is 406 g/mol. The number of carbonyl (C=O) groups is 1. The van der Waals surface area contributed by atoms with E-state index in [1.54, 1.807) is 42.4 Å². The molecule has 0 N–H and O–H groups in total. The molecule has 1 fully saturated rings. The molecule has 0 saturated carbocycles. The molecule has 1 aliphatic rings. The third-order valence-corrected chi connectivity index (χ3v) is 4.93. The molecule has 156 valence electrons. The van der Waals surface area contributed by atoms with Gasteiger partial charge >= 0.3 is 0 Å². The van der Waals surface area contributed by atoms with E-state index in [9.17, 15) is 4.79 Å². The summed E-state index contributed by atoms with van der Waals surface area (Å²) in [6, 6.07) is 14.5. The summed E-state index contributed by atoms with van der Waals surface area (Å²) in [5.41, 5.74) is 1.87. The Balaban J connectivity index is 1.84. The number of hydrogen-bond donors (Lipinski definition) is 0. The first-order valence-electron chi connectivity index (χ1n) is 9.96. The van der Waals surface area contributed by atoms with Gasteiger partial charge in [-0.15, -0.1) is 0 Å². The van der Waals surface area contributed by atoms with Gasteiger partial charge in [-0.3, -0.25) is 4.79 Å². The van der Waals surface area contributed by atoms with Crippen molar-refractivity contribution in [1.82, 2.24) is 4.90 Å². The van der Waals surface area contributed by atoms with E-state index in [2.05, 4.69) is 12.6 Å². The molecule has 0 aromatic heterocycles. The van der Waals surface area contributed by atoms with Crippen LogP contribution < -0.4 is 9.47 Å². The molecule has 6 heteroatoms. The highest BCUT2D eigenvalue weighted by Gasteiger charge is 2.24. The van der Waals surface area contributed by atoms with Gasteiger partial charge < -0.3 is 19.1 Å². The Morgan fingerprint density at radius 3 is 2.90 bits per heavy atom. The standard InChI is InChI=1S/C24H26N2O4/c1-3-11-30-22-10-9-19(14-23(22)28-2)16-26(17-21-8-5-12-29-21)24(27)20-7-4-6-18(13-20)15-25/h3-4,6-7,9-10,13-14,21H,1,5,8,11-12,16-17H2,2H3/t21-/m1/s1. The predicted molar refractivity (Wildman–Crippen MR) is 114 cm³/mol. The Morgan fingerprint density at radius 1 is 1.33 bits per heavy atom. The number of carbonyl (C=O) groups excluding carboxylic acids is 1. The summed E-state index contributed by atoms with van der Waals surface area (Å²) >= 11 is 0. The van der Waals surface area contributed by atoms with E-state index in [0.717, 1.165) is 25.0 Å². The molecule has 2 aromatic carbocycles. The molecule has 0 unspecified atom stereocenters. The minimum absolute atomic E-state index is 0.0187. The van der Waals surface area contributed by atoms with Gasteiger partial charge in [0.2, 0.25) is 0 Å². The number of nitrogens with zero attached hydrogens (tertiary/aromatic N) is 2. The zero-order chi connectivity index (χ0) is 21.3. The molecule has 1 saturated heterocycles. The number of hydrogen-bond acceptors (Lipinski definition) is 5. The molecule has 0 bridgehead atoms. The molecule has 1 amide bonds. The first-order chi connectivity index (χ1) is 14.6. The zero-order valence-corrected chi connectivity index (χ0v) is 17.2. The molecule has 1 atom stereocenters. The second-order valence-corrected chi connectivity index (χ2v) is 7.10. The van der Waals surface area contributed by atoms with Crippen molar-refractivity contribution in [3.8, 4) is 17.6 Å². The average Bonchev–Trinajstić information content (AvgIpc) is 3.30. The quantitative estimate of drug-likeness (QED) is 0.590. The van der Waals surface area contributed by atoms with Crippen LogP contribution in [0, 0.1) is 11.3 Å². The van der Waals surface area contributed by atoms with E-state index < -0.39 is 0 Å². The number of rotatable bonds is 9.